The molecular weight excluding hydrogens is 326 g/mol. The highest BCUT2D eigenvalue weighted by Crippen LogP contribution is 2.29. The van der Waals surface area contributed by atoms with E-state index in [2.05, 4.69) is 21.2 Å². The van der Waals surface area contributed by atoms with Gasteiger partial charge in [-0.2, -0.15) is 0 Å². The van der Waals surface area contributed by atoms with Crippen LogP contribution in [-0.4, -0.2) is 17.3 Å². The summed E-state index contributed by atoms with van der Waals surface area (Å²) in [5.74, 6) is 0.516. The quantitative estimate of drug-likeness (QED) is 0.812. The lowest BCUT2D eigenvalue weighted by molar-refractivity contribution is 0.0944. The zero-order valence-electron chi connectivity index (χ0n) is 11.1. The van der Waals surface area contributed by atoms with Gasteiger partial charge in [-0.15, -0.1) is 0 Å². The molecule has 0 radical (unpaired) electrons. The molecule has 2 unspecified atom stereocenters. The van der Waals surface area contributed by atoms with Crippen molar-refractivity contribution in [2.75, 3.05) is 6.54 Å². The molecule has 1 aromatic rings. The Morgan fingerprint density at radius 3 is 2.89 bits per heavy atom. The van der Waals surface area contributed by atoms with Gasteiger partial charge >= 0.3 is 0 Å². The van der Waals surface area contributed by atoms with Crippen LogP contribution in [0.4, 0.5) is 0 Å². The molecule has 0 saturated heterocycles. The van der Waals surface area contributed by atoms with Crippen molar-refractivity contribution >= 4 is 33.4 Å². The molecule has 1 fully saturated rings. The fraction of sp³-hybridized carbons (Fsp3) is 0.533. The van der Waals surface area contributed by atoms with E-state index in [-0.39, 0.29) is 5.91 Å². The minimum atomic E-state index is -0.0229. The van der Waals surface area contributed by atoms with Gasteiger partial charge in [-0.3, -0.25) is 4.79 Å². The first kappa shape index (κ1) is 14.9. The van der Waals surface area contributed by atoms with Gasteiger partial charge < -0.3 is 5.32 Å². The number of amides is 1. The SMILES string of the molecule is Cc1ccc(Cl)cc1C(=O)NCC1CCCCC1Br. The summed E-state index contributed by atoms with van der Waals surface area (Å²) in [6.07, 6.45) is 4.94. The highest BCUT2D eigenvalue weighted by molar-refractivity contribution is 9.09. The van der Waals surface area contributed by atoms with E-state index in [4.69, 9.17) is 11.6 Å². The molecule has 1 N–H and O–H groups in total. The van der Waals surface area contributed by atoms with Crippen molar-refractivity contribution in [1.82, 2.24) is 5.32 Å². The second kappa shape index (κ2) is 6.76. The van der Waals surface area contributed by atoms with Crippen molar-refractivity contribution in [2.24, 2.45) is 5.92 Å². The highest BCUT2D eigenvalue weighted by Gasteiger charge is 2.23. The molecule has 4 heteroatoms. The summed E-state index contributed by atoms with van der Waals surface area (Å²) < 4.78 is 0. The molecule has 2 nitrogen and oxygen atoms in total. The van der Waals surface area contributed by atoms with Crippen molar-refractivity contribution in [2.45, 2.75) is 37.4 Å². The number of benzene rings is 1. The standard InChI is InChI=1S/C15H19BrClNO/c1-10-6-7-12(17)8-13(10)15(19)18-9-11-4-2-3-5-14(11)16/h6-8,11,14H,2-5,9H2,1H3,(H,18,19). The molecular formula is C15H19BrClNO. The monoisotopic (exact) mass is 343 g/mol. The maximum absolute atomic E-state index is 12.2. The summed E-state index contributed by atoms with van der Waals surface area (Å²) in [5, 5.41) is 3.64. The minimum absolute atomic E-state index is 0.0229. The Hall–Kier alpha value is -0.540. The molecule has 19 heavy (non-hydrogen) atoms. The van der Waals surface area contributed by atoms with E-state index in [1.165, 1.54) is 25.7 Å². The molecule has 0 aliphatic heterocycles. The third-order valence-electron chi connectivity index (χ3n) is 3.79. The summed E-state index contributed by atoms with van der Waals surface area (Å²) in [7, 11) is 0. The predicted octanol–water partition coefficient (Wildman–Crippen LogP) is 4.33. The van der Waals surface area contributed by atoms with Crippen molar-refractivity contribution in [3.63, 3.8) is 0 Å². The maximum atomic E-state index is 12.2. The van der Waals surface area contributed by atoms with Crippen LogP contribution in [0.1, 0.15) is 41.6 Å². The van der Waals surface area contributed by atoms with Crippen LogP contribution in [-0.2, 0) is 0 Å². The van der Waals surface area contributed by atoms with Gasteiger partial charge in [0.2, 0.25) is 0 Å². The average Bonchev–Trinajstić information content (AvgIpc) is 2.40. The molecule has 104 valence electrons. The second-order valence-corrected chi connectivity index (χ2v) is 6.84. The van der Waals surface area contributed by atoms with Crippen molar-refractivity contribution in [1.29, 1.82) is 0 Å². The number of nitrogens with one attached hydrogen (secondary N) is 1. The number of carbonyl (C=O) groups excluding carboxylic acids is 1. The zero-order valence-corrected chi connectivity index (χ0v) is 13.4. The van der Waals surface area contributed by atoms with Crippen LogP contribution < -0.4 is 5.32 Å². The summed E-state index contributed by atoms with van der Waals surface area (Å²) in [4.78, 5) is 12.7. The molecule has 0 bridgehead atoms. The van der Waals surface area contributed by atoms with Crippen LogP contribution >= 0.6 is 27.5 Å². The molecule has 0 aromatic heterocycles. The van der Waals surface area contributed by atoms with E-state index in [0.29, 0.717) is 21.3 Å². The van der Waals surface area contributed by atoms with E-state index in [9.17, 15) is 4.79 Å². The van der Waals surface area contributed by atoms with Gasteiger partial charge in [0, 0.05) is 22.0 Å². The van der Waals surface area contributed by atoms with Gasteiger partial charge in [0.05, 0.1) is 0 Å². The summed E-state index contributed by atoms with van der Waals surface area (Å²) in [6.45, 7) is 2.67. The van der Waals surface area contributed by atoms with Gasteiger partial charge in [-0.05, 0) is 43.4 Å². The van der Waals surface area contributed by atoms with E-state index in [1.807, 2.05) is 19.1 Å². The van der Waals surface area contributed by atoms with Crippen LogP contribution in [0.15, 0.2) is 18.2 Å². The summed E-state index contributed by atoms with van der Waals surface area (Å²) in [6, 6.07) is 5.42. The average molecular weight is 345 g/mol. The Labute approximate surface area is 128 Å². The van der Waals surface area contributed by atoms with Gasteiger partial charge in [0.1, 0.15) is 0 Å². The number of aryl methyl sites for hydroxylation is 1. The first-order valence-corrected chi connectivity index (χ1v) is 8.05. The smallest absolute Gasteiger partial charge is 0.251 e. The Kier molecular flexibility index (Phi) is 5.28. The van der Waals surface area contributed by atoms with E-state index < -0.39 is 0 Å². The van der Waals surface area contributed by atoms with Crippen LogP contribution in [0.3, 0.4) is 0 Å². The van der Waals surface area contributed by atoms with Crippen molar-refractivity contribution in [3.8, 4) is 0 Å². The van der Waals surface area contributed by atoms with Crippen molar-refractivity contribution < 1.29 is 4.79 Å². The van der Waals surface area contributed by atoms with Crippen LogP contribution in [0.5, 0.6) is 0 Å². The fourth-order valence-corrected chi connectivity index (χ4v) is 3.50. The van der Waals surface area contributed by atoms with Crippen LogP contribution in [0.25, 0.3) is 0 Å². The zero-order chi connectivity index (χ0) is 13.8. The molecule has 2 rings (SSSR count). The Bertz CT molecular complexity index is 463. The van der Waals surface area contributed by atoms with E-state index in [0.717, 1.165) is 12.1 Å². The number of hydrogen-bond acceptors (Lipinski definition) is 1. The number of halogens is 2. The van der Waals surface area contributed by atoms with Crippen molar-refractivity contribution in [3.05, 3.63) is 34.3 Å². The number of rotatable bonds is 3. The topological polar surface area (TPSA) is 29.1 Å². The molecule has 1 amide bonds. The summed E-state index contributed by atoms with van der Waals surface area (Å²) >= 11 is 9.66. The van der Waals surface area contributed by atoms with Gasteiger partial charge in [0.15, 0.2) is 0 Å². The minimum Gasteiger partial charge on any atom is -0.352 e. The lowest BCUT2D eigenvalue weighted by Gasteiger charge is -2.27. The second-order valence-electron chi connectivity index (χ2n) is 5.23. The first-order valence-electron chi connectivity index (χ1n) is 6.76. The molecule has 0 heterocycles. The normalized spacial score (nSPS) is 23.1. The largest absolute Gasteiger partial charge is 0.352 e. The van der Waals surface area contributed by atoms with E-state index >= 15 is 0 Å². The number of carbonyl (C=O) groups is 1. The number of hydrogen-bond donors (Lipinski definition) is 1. The first-order chi connectivity index (χ1) is 9.08. The molecule has 2 atom stereocenters. The predicted molar refractivity (Wildman–Crippen MR) is 83.2 cm³/mol. The van der Waals surface area contributed by atoms with Crippen LogP contribution in [0, 0.1) is 12.8 Å². The lowest BCUT2D eigenvalue weighted by Crippen LogP contribution is -2.34. The lowest BCUT2D eigenvalue weighted by atomic mass is 9.89. The van der Waals surface area contributed by atoms with Gasteiger partial charge in [0.25, 0.3) is 5.91 Å². The van der Waals surface area contributed by atoms with Crippen LogP contribution in [0.2, 0.25) is 5.02 Å². The number of alkyl halides is 1. The fourth-order valence-electron chi connectivity index (χ4n) is 2.55. The van der Waals surface area contributed by atoms with E-state index in [1.54, 1.807) is 6.07 Å². The van der Waals surface area contributed by atoms with Gasteiger partial charge in [-0.25, -0.2) is 0 Å². The molecule has 1 aliphatic carbocycles. The third-order valence-corrected chi connectivity index (χ3v) is 5.23. The Morgan fingerprint density at radius 1 is 1.42 bits per heavy atom. The molecule has 0 spiro atoms. The summed E-state index contributed by atoms with van der Waals surface area (Å²) in [5.41, 5.74) is 1.63. The Balaban J connectivity index is 1.95. The third kappa shape index (κ3) is 3.96. The molecule has 1 aliphatic rings. The Morgan fingerprint density at radius 2 is 2.16 bits per heavy atom. The molecule has 1 saturated carbocycles. The molecule has 1 aromatic carbocycles. The van der Waals surface area contributed by atoms with Gasteiger partial charge in [-0.1, -0.05) is 46.4 Å². The maximum Gasteiger partial charge on any atom is 0.251 e. The highest BCUT2D eigenvalue weighted by atomic mass is 79.9.